The van der Waals surface area contributed by atoms with Crippen LogP contribution < -0.4 is 16.0 Å². The average molecular weight is 345 g/mol. The number of carbonyl (C=O) groups is 2. The number of nitrogens with one attached hydrogen (secondary N) is 1. The Morgan fingerprint density at radius 1 is 1.28 bits per heavy atom. The Kier molecular flexibility index (Phi) is 4.39. The number of hydrogen-bond donors (Lipinski definition) is 2. The number of para-hydroxylation sites is 1. The van der Waals surface area contributed by atoms with Crippen LogP contribution in [-0.4, -0.2) is 18.0 Å². The lowest BCUT2D eigenvalue weighted by Crippen LogP contribution is -2.54. The molecule has 0 aromatic heterocycles. The van der Waals surface area contributed by atoms with E-state index in [-0.39, 0.29) is 12.0 Å². The molecule has 25 heavy (non-hydrogen) atoms. The van der Waals surface area contributed by atoms with E-state index in [1.807, 2.05) is 12.1 Å². The molecule has 3 rings (SSSR count). The van der Waals surface area contributed by atoms with Crippen LogP contribution in [0, 0.1) is 11.6 Å². The third-order valence-electron chi connectivity index (χ3n) is 4.32. The predicted molar refractivity (Wildman–Crippen MR) is 88.9 cm³/mol. The maximum Gasteiger partial charge on any atom is 0.312 e. The fraction of sp³-hybridized carbons (Fsp3) is 0.222. The van der Waals surface area contributed by atoms with Crippen LogP contribution in [0.2, 0.25) is 0 Å². The molecular formula is C18H17F2N3O2. The molecule has 5 nitrogen and oxygen atoms in total. The summed E-state index contributed by atoms with van der Waals surface area (Å²) in [7, 11) is 0. The molecule has 0 unspecified atom stereocenters. The summed E-state index contributed by atoms with van der Waals surface area (Å²) >= 11 is 0. The molecule has 0 fully saturated rings. The van der Waals surface area contributed by atoms with Gasteiger partial charge in [0.25, 0.3) is 5.91 Å². The summed E-state index contributed by atoms with van der Waals surface area (Å²) < 4.78 is 27.8. The Hall–Kier alpha value is -2.96. The second-order valence-corrected chi connectivity index (χ2v) is 5.94. The monoisotopic (exact) mass is 345 g/mol. The van der Waals surface area contributed by atoms with Crippen LogP contribution >= 0.6 is 0 Å². The van der Waals surface area contributed by atoms with E-state index in [4.69, 9.17) is 5.73 Å². The van der Waals surface area contributed by atoms with Gasteiger partial charge in [0, 0.05) is 17.7 Å². The molecular weight excluding hydrogens is 328 g/mol. The number of fused-ring (bicyclic) bond motifs is 1. The van der Waals surface area contributed by atoms with Crippen molar-refractivity contribution in [3.63, 3.8) is 0 Å². The highest BCUT2D eigenvalue weighted by Gasteiger charge is 2.37. The van der Waals surface area contributed by atoms with E-state index in [9.17, 15) is 18.4 Å². The third kappa shape index (κ3) is 3.17. The highest BCUT2D eigenvalue weighted by atomic mass is 19.1. The van der Waals surface area contributed by atoms with Crippen LogP contribution in [0.3, 0.4) is 0 Å². The second kappa shape index (κ2) is 6.51. The van der Waals surface area contributed by atoms with Crippen molar-refractivity contribution in [2.75, 3.05) is 4.90 Å². The molecule has 0 aliphatic carbocycles. The largest absolute Gasteiger partial charge is 0.352 e. The van der Waals surface area contributed by atoms with Crippen molar-refractivity contribution < 1.29 is 18.4 Å². The van der Waals surface area contributed by atoms with Crippen LogP contribution in [0.15, 0.2) is 42.5 Å². The molecule has 0 saturated heterocycles. The average Bonchev–Trinajstić information content (AvgIpc) is 2.57. The first-order valence-electron chi connectivity index (χ1n) is 7.80. The molecule has 0 bridgehead atoms. The van der Waals surface area contributed by atoms with E-state index >= 15 is 0 Å². The molecule has 2 atom stereocenters. The summed E-state index contributed by atoms with van der Waals surface area (Å²) in [4.78, 5) is 25.4. The van der Waals surface area contributed by atoms with Crippen LogP contribution in [0.1, 0.15) is 24.1 Å². The fourth-order valence-corrected chi connectivity index (χ4v) is 3.17. The normalized spacial score (nSPS) is 17.8. The molecule has 3 amide bonds. The minimum absolute atomic E-state index is 0.0582. The van der Waals surface area contributed by atoms with Crippen LogP contribution in [-0.2, 0) is 11.2 Å². The third-order valence-corrected chi connectivity index (χ3v) is 4.32. The van der Waals surface area contributed by atoms with Gasteiger partial charge in [-0.25, -0.2) is 13.6 Å². The van der Waals surface area contributed by atoms with Gasteiger partial charge in [-0.15, -0.1) is 0 Å². The van der Waals surface area contributed by atoms with Crippen LogP contribution in [0.25, 0.3) is 0 Å². The van der Waals surface area contributed by atoms with Crippen molar-refractivity contribution in [3.8, 4) is 0 Å². The van der Waals surface area contributed by atoms with E-state index in [2.05, 4.69) is 5.32 Å². The topological polar surface area (TPSA) is 75.4 Å². The first-order chi connectivity index (χ1) is 11.9. The zero-order valence-corrected chi connectivity index (χ0v) is 13.5. The molecule has 3 N–H and O–H groups in total. The van der Waals surface area contributed by atoms with Gasteiger partial charge in [-0.2, -0.15) is 0 Å². The number of hydrogen-bond acceptors (Lipinski definition) is 2. The van der Waals surface area contributed by atoms with Gasteiger partial charge in [-0.1, -0.05) is 18.2 Å². The molecule has 0 saturated carbocycles. The Bertz CT molecular complexity index is 841. The summed E-state index contributed by atoms with van der Waals surface area (Å²) in [6.07, 6.45) is 0.285. The number of nitrogens with zero attached hydrogens (tertiary/aromatic N) is 1. The Labute approximate surface area is 143 Å². The van der Waals surface area contributed by atoms with Gasteiger partial charge in [0.2, 0.25) is 0 Å². The van der Waals surface area contributed by atoms with Crippen LogP contribution in [0.5, 0.6) is 0 Å². The van der Waals surface area contributed by atoms with E-state index in [0.717, 1.165) is 23.8 Å². The molecule has 7 heteroatoms. The summed E-state index contributed by atoms with van der Waals surface area (Å²) in [5, 5.41) is 2.41. The quantitative estimate of drug-likeness (QED) is 0.897. The molecule has 1 aliphatic rings. The van der Waals surface area contributed by atoms with Crippen molar-refractivity contribution in [2.45, 2.75) is 25.4 Å². The van der Waals surface area contributed by atoms with Crippen molar-refractivity contribution in [2.24, 2.45) is 5.73 Å². The number of halogens is 2. The van der Waals surface area contributed by atoms with E-state index in [1.54, 1.807) is 19.1 Å². The van der Waals surface area contributed by atoms with E-state index < -0.39 is 35.7 Å². The molecule has 130 valence electrons. The van der Waals surface area contributed by atoms with Gasteiger partial charge in [0.15, 0.2) is 0 Å². The second-order valence-electron chi connectivity index (χ2n) is 5.94. The zero-order valence-electron chi connectivity index (χ0n) is 13.5. The number of primary amides is 1. The number of urea groups is 1. The molecule has 2 aromatic rings. The van der Waals surface area contributed by atoms with Gasteiger partial charge in [0.05, 0.1) is 6.04 Å². The first kappa shape index (κ1) is 16.9. The lowest BCUT2D eigenvalue weighted by Gasteiger charge is -2.38. The number of rotatable bonds is 3. The highest BCUT2D eigenvalue weighted by Crippen LogP contribution is 2.35. The number of carbonyl (C=O) groups excluding carboxylic acids is 2. The fourth-order valence-electron chi connectivity index (χ4n) is 3.17. The van der Waals surface area contributed by atoms with Gasteiger partial charge in [-0.05, 0) is 36.8 Å². The Morgan fingerprint density at radius 2 is 2.00 bits per heavy atom. The lowest BCUT2D eigenvalue weighted by atomic mass is 9.94. The first-order valence-corrected chi connectivity index (χ1v) is 7.80. The highest BCUT2D eigenvalue weighted by molar-refractivity contribution is 6.02. The van der Waals surface area contributed by atoms with Crippen molar-refractivity contribution in [1.82, 2.24) is 5.32 Å². The van der Waals surface area contributed by atoms with Crippen molar-refractivity contribution in [3.05, 3.63) is 65.2 Å². The molecule has 1 heterocycles. The minimum Gasteiger partial charge on any atom is -0.352 e. The van der Waals surface area contributed by atoms with E-state index in [1.165, 1.54) is 4.90 Å². The summed E-state index contributed by atoms with van der Waals surface area (Å²) in [5.41, 5.74) is 6.62. The Morgan fingerprint density at radius 3 is 2.72 bits per heavy atom. The summed E-state index contributed by atoms with van der Waals surface area (Å²) in [6.45, 7) is 1.61. The summed E-state index contributed by atoms with van der Waals surface area (Å²) in [6, 6.07) is 7.81. The van der Waals surface area contributed by atoms with Crippen molar-refractivity contribution >= 4 is 17.6 Å². The molecule has 2 aromatic carbocycles. The maximum absolute atomic E-state index is 14.2. The Balaban J connectivity index is 2.07. The summed E-state index contributed by atoms with van der Waals surface area (Å²) in [5.74, 6) is -1.62. The zero-order chi connectivity index (χ0) is 18.1. The van der Waals surface area contributed by atoms with Gasteiger partial charge in [-0.3, -0.25) is 4.79 Å². The molecule has 0 radical (unpaired) electrons. The molecule has 1 aliphatic heterocycles. The molecule has 0 spiro atoms. The number of amides is 3. The number of anilines is 1. The van der Waals surface area contributed by atoms with Gasteiger partial charge in [0.1, 0.15) is 17.7 Å². The van der Waals surface area contributed by atoms with Gasteiger partial charge < -0.3 is 16.0 Å². The minimum atomic E-state index is -0.855. The standard InChI is InChI=1S/C18H17F2N3O2/c1-10(13-9-12(19)6-7-14(13)20)23-16-5-3-2-4-11(16)8-15(17(23)24)22-18(21)25/h2-7,9-10,15H,8H2,1H3,(H3,21,22,25)/t10-,15+/m0/s1. The number of benzene rings is 2. The lowest BCUT2D eigenvalue weighted by molar-refractivity contribution is -0.121. The smallest absolute Gasteiger partial charge is 0.312 e. The van der Waals surface area contributed by atoms with Crippen LogP contribution in [0.4, 0.5) is 19.3 Å². The predicted octanol–water partition coefficient (Wildman–Crippen LogP) is 2.65. The van der Waals surface area contributed by atoms with Gasteiger partial charge >= 0.3 is 6.03 Å². The SMILES string of the molecule is C[C@@H](c1cc(F)ccc1F)N1C(=O)[C@H](NC(N)=O)Cc2ccccc21. The maximum atomic E-state index is 14.2. The van der Waals surface area contributed by atoms with Crippen molar-refractivity contribution in [1.29, 1.82) is 0 Å². The van der Waals surface area contributed by atoms with E-state index in [0.29, 0.717) is 5.69 Å². The number of nitrogens with two attached hydrogens (primary N) is 1.